The van der Waals surface area contributed by atoms with Crippen LogP contribution in [0.1, 0.15) is 23.6 Å². The summed E-state index contributed by atoms with van der Waals surface area (Å²) >= 11 is 1.46. The third-order valence-electron chi connectivity index (χ3n) is 6.69. The first-order valence-corrected chi connectivity index (χ1v) is 14.5. The summed E-state index contributed by atoms with van der Waals surface area (Å²) in [5.41, 5.74) is 5.24. The number of hydrogen-bond acceptors (Lipinski definition) is 0. The van der Waals surface area contributed by atoms with Gasteiger partial charge in [0.25, 0.3) is 0 Å². The Hall–Kier alpha value is -3.22. The van der Waals surface area contributed by atoms with Crippen LogP contribution in [-0.2, 0) is 24.2 Å². The summed E-state index contributed by atoms with van der Waals surface area (Å²) in [6.07, 6.45) is 7.55. The Morgan fingerprint density at radius 3 is 1.44 bits per heavy atom. The minimum atomic E-state index is 0. The number of benzene rings is 5. The average Bonchev–Trinajstić information content (AvgIpc) is 3.62. The molecule has 3 heteroatoms. The first kappa shape index (κ1) is 32.3. The van der Waals surface area contributed by atoms with Crippen LogP contribution in [0.5, 0.6) is 0 Å². The van der Waals surface area contributed by atoms with Crippen LogP contribution in [0.25, 0.3) is 27.1 Å². The molecule has 0 spiro atoms. The molecule has 6 aromatic carbocycles. The average molecular weight is 649 g/mol. The van der Waals surface area contributed by atoms with Crippen molar-refractivity contribution in [1.82, 2.24) is 0 Å². The molecule has 1 unspecified atom stereocenters. The molecule has 1 aliphatic carbocycles. The van der Waals surface area contributed by atoms with Crippen molar-refractivity contribution in [3.63, 3.8) is 0 Å². The predicted molar refractivity (Wildman–Crippen MR) is 165 cm³/mol. The van der Waals surface area contributed by atoms with Gasteiger partial charge >= 0.3 is 99.2 Å². The number of hydrogen-bond donors (Lipinski definition) is 0. The van der Waals surface area contributed by atoms with E-state index in [-0.39, 0.29) is 24.8 Å². The summed E-state index contributed by atoms with van der Waals surface area (Å²) in [6, 6.07) is 50.8. The molecule has 1 aliphatic rings. The van der Waals surface area contributed by atoms with Gasteiger partial charge in [-0.15, -0.1) is 45.3 Å². The molecular formula is C38H30Cl2Zr-2. The Morgan fingerprint density at radius 1 is 0.585 bits per heavy atom. The first-order valence-electron chi connectivity index (χ1n) is 13.3. The molecule has 0 N–H and O–H groups in total. The van der Waals surface area contributed by atoms with E-state index in [1.54, 1.807) is 0 Å². The van der Waals surface area contributed by atoms with Gasteiger partial charge in [-0.25, -0.2) is 6.08 Å². The van der Waals surface area contributed by atoms with Gasteiger partial charge in [-0.3, -0.25) is 6.08 Å². The fourth-order valence-corrected chi connectivity index (χ4v) is 5.50. The Labute approximate surface area is 271 Å². The SMILES string of the molecule is CC1[C-]=CC(c2ccccc2)=C1.[Cl-].[Cl-].[Zr+2]=[C](c1ccccc1)c1ccccc1.c1ccc2c(c1)[cH-]c1ccccc12. The Bertz CT molecular complexity index is 1620. The molecule has 0 aromatic heterocycles. The zero-order valence-corrected chi connectivity index (χ0v) is 26.8. The van der Waals surface area contributed by atoms with E-state index in [4.69, 9.17) is 0 Å². The summed E-state index contributed by atoms with van der Waals surface area (Å²) < 4.78 is 1.42. The van der Waals surface area contributed by atoms with Gasteiger partial charge in [0.1, 0.15) is 0 Å². The minimum Gasteiger partial charge on any atom is -0.126 e. The maximum Gasteiger partial charge on any atom is -0.0771 e. The van der Waals surface area contributed by atoms with Gasteiger partial charge in [-0.2, -0.15) is 11.6 Å². The number of halogens is 2. The molecule has 1 atom stereocenters. The monoisotopic (exact) mass is 646 g/mol. The van der Waals surface area contributed by atoms with Crippen LogP contribution >= 0.6 is 0 Å². The quantitative estimate of drug-likeness (QED) is 0.258. The van der Waals surface area contributed by atoms with Crippen LogP contribution in [0.15, 0.2) is 158 Å². The smallest absolute Gasteiger partial charge is 0.0771 e. The molecule has 0 radical (unpaired) electrons. The van der Waals surface area contributed by atoms with Crippen molar-refractivity contribution in [1.29, 1.82) is 0 Å². The number of allylic oxidation sites excluding steroid dienone is 4. The van der Waals surface area contributed by atoms with E-state index in [2.05, 4.69) is 165 Å². The topological polar surface area (TPSA) is 0 Å². The maximum atomic E-state index is 3.25. The second-order valence-corrected chi connectivity index (χ2v) is 10.7. The van der Waals surface area contributed by atoms with Crippen LogP contribution in [0.4, 0.5) is 0 Å². The molecule has 0 saturated carbocycles. The van der Waals surface area contributed by atoms with Gasteiger partial charge in [0.15, 0.2) is 0 Å². The Morgan fingerprint density at radius 2 is 1.00 bits per heavy atom. The Balaban J connectivity index is 0.000000166. The van der Waals surface area contributed by atoms with Crippen molar-refractivity contribution >= 4 is 30.3 Å². The second-order valence-electron chi connectivity index (χ2n) is 9.51. The van der Waals surface area contributed by atoms with E-state index in [1.807, 2.05) is 6.07 Å². The summed E-state index contributed by atoms with van der Waals surface area (Å²) in [6.45, 7) is 2.15. The molecule has 202 valence electrons. The molecular weight excluding hydrogens is 619 g/mol. The molecule has 0 amide bonds. The van der Waals surface area contributed by atoms with Crippen molar-refractivity contribution in [2.24, 2.45) is 5.92 Å². The number of rotatable bonds is 3. The van der Waals surface area contributed by atoms with Crippen molar-refractivity contribution in [2.45, 2.75) is 6.92 Å². The van der Waals surface area contributed by atoms with E-state index in [0.29, 0.717) is 5.92 Å². The fraction of sp³-hybridized carbons (Fsp3) is 0.0526. The zero-order valence-electron chi connectivity index (χ0n) is 22.8. The normalized spacial score (nSPS) is 13.0. The minimum absolute atomic E-state index is 0. The van der Waals surface area contributed by atoms with E-state index in [0.717, 1.165) is 0 Å². The molecule has 7 rings (SSSR count). The third-order valence-corrected chi connectivity index (χ3v) is 8.11. The van der Waals surface area contributed by atoms with E-state index in [1.165, 1.54) is 71.2 Å². The fourth-order valence-electron chi connectivity index (χ4n) is 4.68. The molecule has 6 aromatic rings. The molecule has 0 heterocycles. The van der Waals surface area contributed by atoms with Crippen LogP contribution in [0.2, 0.25) is 0 Å². The van der Waals surface area contributed by atoms with Crippen LogP contribution in [-0.4, -0.2) is 3.21 Å². The Kier molecular flexibility index (Phi) is 12.8. The van der Waals surface area contributed by atoms with Gasteiger partial charge in [0, 0.05) is 0 Å². The van der Waals surface area contributed by atoms with Crippen LogP contribution < -0.4 is 24.8 Å². The van der Waals surface area contributed by atoms with Gasteiger partial charge in [0.2, 0.25) is 0 Å². The summed E-state index contributed by atoms with van der Waals surface area (Å²) in [5.74, 6) is 0.472. The standard InChI is InChI=1S/C13H9.C13H10.C12H11.2ClH.Zr/c1-3-7-12-10(5-1)9-11-6-2-4-8-13(11)12;1-3-7-12(8-4-1)11-13-9-5-2-6-10-13;1-10-7-8-12(9-10)11-5-3-2-4-6-11;;;/h1-9H;1-10H;2-6,8-10H,1H3;2*1H;/q-1;;-1;;;+2/p-2. The van der Waals surface area contributed by atoms with Gasteiger partial charge in [-0.1, -0.05) is 79.6 Å². The molecule has 0 saturated heterocycles. The summed E-state index contributed by atoms with van der Waals surface area (Å²) in [5, 5.41) is 5.39. The van der Waals surface area contributed by atoms with Gasteiger partial charge in [0.05, 0.1) is 0 Å². The van der Waals surface area contributed by atoms with E-state index >= 15 is 0 Å². The molecule has 0 fully saturated rings. The molecule has 41 heavy (non-hydrogen) atoms. The van der Waals surface area contributed by atoms with E-state index in [9.17, 15) is 0 Å². The number of fused-ring (bicyclic) bond motifs is 3. The largest absolute Gasteiger partial charge is 0.126 e. The van der Waals surface area contributed by atoms with Crippen molar-refractivity contribution in [3.8, 4) is 0 Å². The first-order chi connectivity index (χ1) is 19.2. The zero-order chi connectivity index (χ0) is 26.9. The summed E-state index contributed by atoms with van der Waals surface area (Å²) in [7, 11) is 0. The predicted octanol–water partition coefficient (Wildman–Crippen LogP) is 3.60. The van der Waals surface area contributed by atoms with Crippen molar-refractivity contribution in [2.75, 3.05) is 0 Å². The summed E-state index contributed by atoms with van der Waals surface area (Å²) in [4.78, 5) is 0. The second kappa shape index (κ2) is 16.3. The molecule has 0 aliphatic heterocycles. The van der Waals surface area contributed by atoms with Crippen molar-refractivity contribution < 1.29 is 49.0 Å². The van der Waals surface area contributed by atoms with E-state index < -0.39 is 0 Å². The van der Waals surface area contributed by atoms with Gasteiger partial charge in [-0.05, 0) is 0 Å². The van der Waals surface area contributed by atoms with Gasteiger partial charge < -0.3 is 24.8 Å². The van der Waals surface area contributed by atoms with Crippen molar-refractivity contribution in [3.05, 3.63) is 181 Å². The maximum absolute atomic E-state index is 3.25. The van der Waals surface area contributed by atoms with Crippen LogP contribution in [0.3, 0.4) is 0 Å². The molecule has 0 nitrogen and oxygen atoms in total. The third kappa shape index (κ3) is 8.64. The van der Waals surface area contributed by atoms with Crippen LogP contribution in [0, 0.1) is 12.0 Å². The molecule has 0 bridgehead atoms.